The van der Waals surface area contributed by atoms with Crippen LogP contribution in [0.2, 0.25) is 0 Å². The van der Waals surface area contributed by atoms with Crippen molar-refractivity contribution >= 4 is 17.6 Å². The van der Waals surface area contributed by atoms with Gasteiger partial charge < -0.3 is 5.32 Å². The minimum Gasteiger partial charge on any atom is -0.364 e. The molecule has 0 radical (unpaired) electrons. The van der Waals surface area contributed by atoms with Gasteiger partial charge in [0, 0.05) is 11.8 Å². The molecule has 1 atom stereocenters. The van der Waals surface area contributed by atoms with Gasteiger partial charge in [0.2, 0.25) is 0 Å². The highest BCUT2D eigenvalue weighted by Crippen LogP contribution is 2.21. The second kappa shape index (κ2) is 5.48. The van der Waals surface area contributed by atoms with Crippen molar-refractivity contribution < 1.29 is 4.39 Å². The first-order chi connectivity index (χ1) is 7.81. The Morgan fingerprint density at radius 2 is 2.44 bits per heavy atom. The fraction of sp³-hybridized carbons (Fsp3) is 0.636. The Morgan fingerprint density at radius 3 is 3.12 bits per heavy atom. The summed E-state index contributed by atoms with van der Waals surface area (Å²) in [6, 6.07) is 0.341. The zero-order valence-electron chi connectivity index (χ0n) is 9.37. The molecule has 0 saturated carbocycles. The van der Waals surface area contributed by atoms with Crippen LogP contribution in [0.15, 0.2) is 6.33 Å². The summed E-state index contributed by atoms with van der Waals surface area (Å²) in [5.74, 6) is 2.31. The van der Waals surface area contributed by atoms with Crippen molar-refractivity contribution in [1.82, 2.24) is 9.97 Å². The second-order valence-corrected chi connectivity index (χ2v) is 5.04. The van der Waals surface area contributed by atoms with Gasteiger partial charge in [0.1, 0.15) is 6.33 Å². The van der Waals surface area contributed by atoms with E-state index in [0.717, 1.165) is 12.2 Å². The molecule has 1 unspecified atom stereocenters. The van der Waals surface area contributed by atoms with Crippen LogP contribution >= 0.6 is 11.8 Å². The predicted octanol–water partition coefficient (Wildman–Crippen LogP) is 2.49. The molecule has 0 aliphatic carbocycles. The molecule has 2 heterocycles. The van der Waals surface area contributed by atoms with Crippen LogP contribution in [0.1, 0.15) is 25.5 Å². The van der Waals surface area contributed by atoms with Crippen LogP contribution in [0.3, 0.4) is 0 Å². The number of anilines is 1. The molecule has 3 nitrogen and oxygen atoms in total. The van der Waals surface area contributed by atoms with Gasteiger partial charge in [-0.2, -0.15) is 11.8 Å². The monoisotopic (exact) mass is 241 g/mol. The molecule has 1 fully saturated rings. The number of nitrogens with zero attached hydrogens (tertiary/aromatic N) is 2. The number of aromatic nitrogens is 2. The molecule has 0 bridgehead atoms. The minimum absolute atomic E-state index is 0.291. The quantitative estimate of drug-likeness (QED) is 0.882. The normalized spacial score (nSPS) is 20.8. The number of hydrogen-bond donors (Lipinski definition) is 1. The molecule has 1 N–H and O–H groups in total. The van der Waals surface area contributed by atoms with Crippen LogP contribution in [0.4, 0.5) is 10.2 Å². The highest BCUT2D eigenvalue weighted by molar-refractivity contribution is 7.99. The molecule has 16 heavy (non-hydrogen) atoms. The van der Waals surface area contributed by atoms with Gasteiger partial charge in [-0.05, 0) is 25.0 Å². The fourth-order valence-electron chi connectivity index (χ4n) is 1.80. The van der Waals surface area contributed by atoms with E-state index in [-0.39, 0.29) is 5.82 Å². The molecule has 1 aromatic heterocycles. The molecule has 0 aromatic carbocycles. The van der Waals surface area contributed by atoms with E-state index in [1.807, 2.05) is 18.7 Å². The summed E-state index contributed by atoms with van der Waals surface area (Å²) in [5, 5.41) is 3.18. The number of halogens is 1. The molecular formula is C11H16FN3S. The van der Waals surface area contributed by atoms with Gasteiger partial charge in [0.25, 0.3) is 0 Å². The molecule has 1 aliphatic heterocycles. The Bertz CT molecular complexity index is 353. The van der Waals surface area contributed by atoms with Crippen molar-refractivity contribution in [1.29, 1.82) is 0 Å². The Balaban J connectivity index is 2.08. The van der Waals surface area contributed by atoms with Crippen molar-refractivity contribution in [2.75, 3.05) is 16.8 Å². The Labute approximate surface area is 99.3 Å². The summed E-state index contributed by atoms with van der Waals surface area (Å²) in [4.78, 5) is 7.89. The summed E-state index contributed by atoms with van der Waals surface area (Å²) in [6.45, 7) is 1.89. The van der Waals surface area contributed by atoms with Gasteiger partial charge >= 0.3 is 0 Å². The maximum absolute atomic E-state index is 13.8. The van der Waals surface area contributed by atoms with Crippen LogP contribution in [0.25, 0.3) is 0 Å². The first-order valence-corrected chi connectivity index (χ1v) is 6.80. The van der Waals surface area contributed by atoms with Crippen molar-refractivity contribution in [2.24, 2.45) is 0 Å². The standard InChI is InChI=1S/C11H16FN3S/c1-2-9-10(12)11(14-7-13-9)15-8-4-3-5-16-6-8/h7-8H,2-6H2,1H3,(H,13,14,15). The van der Waals surface area contributed by atoms with Crippen molar-refractivity contribution in [3.63, 3.8) is 0 Å². The predicted molar refractivity (Wildman–Crippen MR) is 65.3 cm³/mol. The van der Waals surface area contributed by atoms with Gasteiger partial charge in [-0.1, -0.05) is 6.92 Å². The number of nitrogens with one attached hydrogen (secondary N) is 1. The molecule has 0 amide bonds. The molecule has 2 rings (SSSR count). The van der Waals surface area contributed by atoms with Crippen LogP contribution in [0, 0.1) is 5.82 Å². The molecular weight excluding hydrogens is 225 g/mol. The molecule has 5 heteroatoms. The van der Waals surface area contributed by atoms with E-state index in [1.165, 1.54) is 18.5 Å². The Hall–Kier alpha value is -0.840. The highest BCUT2D eigenvalue weighted by Gasteiger charge is 2.17. The van der Waals surface area contributed by atoms with Crippen LogP contribution < -0.4 is 5.32 Å². The van der Waals surface area contributed by atoms with Crippen LogP contribution in [0.5, 0.6) is 0 Å². The summed E-state index contributed by atoms with van der Waals surface area (Å²) in [5.41, 5.74) is 0.487. The molecule has 1 aromatic rings. The SMILES string of the molecule is CCc1ncnc(NC2CCCSC2)c1F. The largest absolute Gasteiger partial charge is 0.364 e. The molecule has 88 valence electrons. The smallest absolute Gasteiger partial charge is 0.186 e. The lowest BCUT2D eigenvalue weighted by Gasteiger charge is -2.23. The average Bonchev–Trinajstić information content (AvgIpc) is 2.33. The minimum atomic E-state index is -0.291. The van der Waals surface area contributed by atoms with E-state index in [0.29, 0.717) is 24.0 Å². The molecule has 1 saturated heterocycles. The van der Waals surface area contributed by atoms with Gasteiger partial charge in [-0.3, -0.25) is 0 Å². The topological polar surface area (TPSA) is 37.8 Å². The van der Waals surface area contributed by atoms with Crippen molar-refractivity contribution in [2.45, 2.75) is 32.2 Å². The first-order valence-electron chi connectivity index (χ1n) is 5.65. The maximum Gasteiger partial charge on any atom is 0.186 e. The van der Waals surface area contributed by atoms with E-state index in [1.54, 1.807) is 0 Å². The molecule has 0 spiro atoms. The van der Waals surface area contributed by atoms with Gasteiger partial charge in [0.15, 0.2) is 11.6 Å². The van der Waals surface area contributed by atoms with Gasteiger partial charge in [0.05, 0.1) is 5.69 Å². The third-order valence-electron chi connectivity index (χ3n) is 2.70. The summed E-state index contributed by atoms with van der Waals surface area (Å²) >= 11 is 1.91. The lowest BCUT2D eigenvalue weighted by molar-refractivity contribution is 0.588. The van der Waals surface area contributed by atoms with E-state index >= 15 is 0 Å². The average molecular weight is 241 g/mol. The van der Waals surface area contributed by atoms with E-state index in [2.05, 4.69) is 15.3 Å². The highest BCUT2D eigenvalue weighted by atomic mass is 32.2. The van der Waals surface area contributed by atoms with E-state index < -0.39 is 0 Å². The lowest BCUT2D eigenvalue weighted by atomic mass is 10.2. The van der Waals surface area contributed by atoms with Crippen molar-refractivity contribution in [3.8, 4) is 0 Å². The lowest BCUT2D eigenvalue weighted by Crippen LogP contribution is -2.27. The second-order valence-electron chi connectivity index (χ2n) is 3.89. The van der Waals surface area contributed by atoms with Crippen molar-refractivity contribution in [3.05, 3.63) is 17.8 Å². The Kier molecular flexibility index (Phi) is 3.98. The van der Waals surface area contributed by atoms with Crippen LogP contribution in [-0.4, -0.2) is 27.5 Å². The molecule has 1 aliphatic rings. The summed E-state index contributed by atoms with van der Waals surface area (Å²) < 4.78 is 13.8. The van der Waals surface area contributed by atoms with Gasteiger partial charge in [-0.25, -0.2) is 14.4 Å². The third-order valence-corrected chi connectivity index (χ3v) is 3.91. The first kappa shape index (κ1) is 11.6. The van der Waals surface area contributed by atoms with E-state index in [4.69, 9.17) is 0 Å². The zero-order valence-corrected chi connectivity index (χ0v) is 10.2. The number of aryl methyl sites for hydroxylation is 1. The van der Waals surface area contributed by atoms with E-state index in [9.17, 15) is 4.39 Å². The summed E-state index contributed by atoms with van der Waals surface area (Å²) in [6.07, 6.45) is 4.32. The van der Waals surface area contributed by atoms with Gasteiger partial charge in [-0.15, -0.1) is 0 Å². The third kappa shape index (κ3) is 2.64. The maximum atomic E-state index is 13.8. The Morgan fingerprint density at radius 1 is 1.56 bits per heavy atom. The summed E-state index contributed by atoms with van der Waals surface area (Å²) in [7, 11) is 0. The number of hydrogen-bond acceptors (Lipinski definition) is 4. The number of thioether (sulfide) groups is 1. The van der Waals surface area contributed by atoms with Crippen LogP contribution in [-0.2, 0) is 6.42 Å². The fourth-order valence-corrected chi connectivity index (χ4v) is 2.87. The zero-order chi connectivity index (χ0) is 11.4. The number of rotatable bonds is 3.